The summed E-state index contributed by atoms with van der Waals surface area (Å²) in [4.78, 5) is 16.0. The molecule has 1 aliphatic rings. The van der Waals surface area contributed by atoms with Crippen LogP contribution in [0.25, 0.3) is 0 Å². The Balaban J connectivity index is 1.79. The Hall–Kier alpha value is -1.82. The molecule has 1 heterocycles. The number of hydrogen-bond acceptors (Lipinski definition) is 4. The van der Waals surface area contributed by atoms with Gasteiger partial charge in [0.05, 0.1) is 0 Å². The van der Waals surface area contributed by atoms with Gasteiger partial charge >= 0.3 is 0 Å². The molecule has 19 heavy (non-hydrogen) atoms. The number of thioether (sulfide) groups is 1. The largest absolute Gasteiger partial charge is 0.368 e. The molecule has 0 aliphatic heterocycles. The third-order valence-corrected chi connectivity index (χ3v) is 4.16. The van der Waals surface area contributed by atoms with Crippen LogP contribution in [0.3, 0.4) is 0 Å². The number of amides is 1. The molecule has 6 heteroatoms. The summed E-state index contributed by atoms with van der Waals surface area (Å²) in [6, 6.07) is 9.46. The van der Waals surface area contributed by atoms with E-state index in [1.54, 1.807) is 0 Å². The Bertz CT molecular complexity index is 579. The van der Waals surface area contributed by atoms with Crippen LogP contribution in [0.4, 0.5) is 0 Å². The van der Waals surface area contributed by atoms with Crippen molar-refractivity contribution >= 4 is 17.7 Å². The second-order valence-corrected chi connectivity index (χ2v) is 5.66. The zero-order valence-electron chi connectivity index (χ0n) is 10.2. The van der Waals surface area contributed by atoms with Crippen LogP contribution in [-0.4, -0.2) is 21.1 Å². The van der Waals surface area contributed by atoms with Gasteiger partial charge in [0.2, 0.25) is 11.1 Å². The van der Waals surface area contributed by atoms with Gasteiger partial charge in [0.15, 0.2) is 0 Å². The average molecular weight is 274 g/mol. The summed E-state index contributed by atoms with van der Waals surface area (Å²) in [6.45, 7) is 0. The summed E-state index contributed by atoms with van der Waals surface area (Å²) in [5.74, 6) is 1.05. The Morgan fingerprint density at radius 2 is 2.11 bits per heavy atom. The molecule has 0 saturated heterocycles. The quantitative estimate of drug-likeness (QED) is 0.817. The van der Waals surface area contributed by atoms with E-state index in [1.165, 1.54) is 11.8 Å². The number of nitrogens with zero attached hydrogens (tertiary/aromatic N) is 2. The van der Waals surface area contributed by atoms with E-state index in [9.17, 15) is 4.79 Å². The predicted molar refractivity (Wildman–Crippen MR) is 72.6 cm³/mol. The number of H-pyrrole nitrogens is 1. The van der Waals surface area contributed by atoms with Gasteiger partial charge in [0.25, 0.3) is 0 Å². The lowest BCUT2D eigenvalue weighted by molar-refractivity contribution is -0.117. The van der Waals surface area contributed by atoms with E-state index in [-0.39, 0.29) is 5.91 Å². The van der Waals surface area contributed by atoms with Crippen LogP contribution in [-0.2, 0) is 4.79 Å². The molecule has 1 atom stereocenters. The number of aromatic nitrogens is 3. The van der Waals surface area contributed by atoms with Gasteiger partial charge in [-0.1, -0.05) is 42.1 Å². The average Bonchev–Trinajstić information content (AvgIpc) is 3.16. The van der Waals surface area contributed by atoms with Crippen LogP contribution < -0.4 is 5.73 Å². The van der Waals surface area contributed by atoms with Crippen molar-refractivity contribution in [1.82, 2.24) is 15.2 Å². The number of carbonyl (C=O) groups excluding carboxylic acids is 1. The number of carbonyl (C=O) groups is 1. The number of benzene rings is 1. The number of rotatable bonds is 5. The van der Waals surface area contributed by atoms with E-state index in [0.717, 1.165) is 24.2 Å². The van der Waals surface area contributed by atoms with Gasteiger partial charge in [-0.15, -0.1) is 5.10 Å². The van der Waals surface area contributed by atoms with Gasteiger partial charge < -0.3 is 5.73 Å². The lowest BCUT2D eigenvalue weighted by Gasteiger charge is -2.10. The highest BCUT2D eigenvalue weighted by atomic mass is 32.2. The standard InChI is InChI=1S/C13H14N4OS/c14-11(18)10(8-4-2-1-3-5-8)19-13-15-12(16-17-13)9-6-7-9/h1-5,9-10H,6-7H2,(H2,14,18)(H,15,16,17). The van der Waals surface area contributed by atoms with Gasteiger partial charge in [0, 0.05) is 5.92 Å². The molecule has 1 saturated carbocycles. The summed E-state index contributed by atoms with van der Waals surface area (Å²) >= 11 is 1.29. The van der Waals surface area contributed by atoms with Gasteiger partial charge in [-0.3, -0.25) is 9.89 Å². The molecule has 1 aromatic heterocycles. The summed E-state index contributed by atoms with van der Waals surface area (Å²) in [5.41, 5.74) is 6.34. The van der Waals surface area contributed by atoms with Gasteiger partial charge in [-0.2, -0.15) is 0 Å². The van der Waals surface area contributed by atoms with Gasteiger partial charge in [0.1, 0.15) is 11.1 Å². The van der Waals surface area contributed by atoms with Crippen LogP contribution in [0.15, 0.2) is 35.5 Å². The first-order chi connectivity index (χ1) is 9.24. The normalized spacial score (nSPS) is 16.2. The van der Waals surface area contributed by atoms with Crippen molar-refractivity contribution in [2.75, 3.05) is 0 Å². The maximum Gasteiger partial charge on any atom is 0.235 e. The maximum atomic E-state index is 11.6. The number of primary amides is 1. The molecule has 5 nitrogen and oxygen atoms in total. The predicted octanol–water partition coefficient (Wildman–Crippen LogP) is 2.00. The van der Waals surface area contributed by atoms with Gasteiger partial charge in [-0.25, -0.2) is 4.98 Å². The first-order valence-electron chi connectivity index (χ1n) is 6.17. The fourth-order valence-electron chi connectivity index (χ4n) is 1.87. The molecule has 0 bridgehead atoms. The molecule has 1 aromatic carbocycles. The summed E-state index contributed by atoms with van der Waals surface area (Å²) in [5, 5.41) is 7.20. The van der Waals surface area contributed by atoms with Crippen molar-refractivity contribution in [3.05, 3.63) is 41.7 Å². The highest BCUT2D eigenvalue weighted by molar-refractivity contribution is 8.00. The molecule has 0 radical (unpaired) electrons. The molecule has 1 fully saturated rings. The zero-order valence-corrected chi connectivity index (χ0v) is 11.1. The number of hydrogen-bond donors (Lipinski definition) is 2. The second-order valence-electron chi connectivity index (χ2n) is 4.59. The van der Waals surface area contributed by atoms with Crippen LogP contribution in [0.2, 0.25) is 0 Å². The minimum absolute atomic E-state index is 0.381. The molecule has 3 rings (SSSR count). The monoisotopic (exact) mass is 274 g/mol. The van der Waals surface area contributed by atoms with Crippen molar-refractivity contribution in [3.8, 4) is 0 Å². The lowest BCUT2D eigenvalue weighted by atomic mass is 10.1. The Morgan fingerprint density at radius 3 is 2.74 bits per heavy atom. The first-order valence-corrected chi connectivity index (χ1v) is 7.05. The Labute approximate surface area is 115 Å². The van der Waals surface area contributed by atoms with Crippen LogP contribution in [0.1, 0.15) is 35.4 Å². The highest BCUT2D eigenvalue weighted by Gasteiger charge is 2.28. The maximum absolute atomic E-state index is 11.6. The number of aromatic amines is 1. The number of nitrogens with one attached hydrogen (secondary N) is 1. The van der Waals surface area contributed by atoms with Crippen LogP contribution in [0, 0.1) is 0 Å². The molecule has 3 N–H and O–H groups in total. The fraction of sp³-hybridized carbons (Fsp3) is 0.308. The Kier molecular flexibility index (Phi) is 3.25. The molecule has 1 amide bonds. The van der Waals surface area contributed by atoms with E-state index < -0.39 is 5.25 Å². The lowest BCUT2D eigenvalue weighted by Crippen LogP contribution is -2.19. The topological polar surface area (TPSA) is 84.7 Å². The van der Waals surface area contributed by atoms with Crippen molar-refractivity contribution in [3.63, 3.8) is 0 Å². The number of nitrogens with two attached hydrogens (primary N) is 1. The van der Waals surface area contributed by atoms with Crippen molar-refractivity contribution < 1.29 is 4.79 Å². The molecule has 98 valence electrons. The molecule has 1 unspecified atom stereocenters. The van der Waals surface area contributed by atoms with E-state index in [4.69, 9.17) is 5.73 Å². The molecular formula is C13H14N4OS. The Morgan fingerprint density at radius 1 is 1.37 bits per heavy atom. The van der Waals surface area contributed by atoms with E-state index >= 15 is 0 Å². The minimum Gasteiger partial charge on any atom is -0.368 e. The van der Waals surface area contributed by atoms with Crippen LogP contribution in [0.5, 0.6) is 0 Å². The summed E-state index contributed by atoms with van der Waals surface area (Å²) < 4.78 is 0. The second kappa shape index (κ2) is 5.05. The third-order valence-electron chi connectivity index (χ3n) is 3.03. The van der Waals surface area contributed by atoms with Crippen molar-refractivity contribution in [2.45, 2.75) is 29.2 Å². The minimum atomic E-state index is -0.455. The fourth-order valence-corrected chi connectivity index (χ4v) is 2.74. The third kappa shape index (κ3) is 2.78. The van der Waals surface area contributed by atoms with Crippen molar-refractivity contribution in [2.24, 2.45) is 5.73 Å². The van der Waals surface area contributed by atoms with Gasteiger partial charge in [-0.05, 0) is 18.4 Å². The van der Waals surface area contributed by atoms with Crippen molar-refractivity contribution in [1.29, 1.82) is 0 Å². The zero-order chi connectivity index (χ0) is 13.2. The molecule has 1 aliphatic carbocycles. The molecule has 2 aromatic rings. The molecule has 0 spiro atoms. The first kappa shape index (κ1) is 12.2. The summed E-state index contributed by atoms with van der Waals surface area (Å²) in [6.07, 6.45) is 2.33. The summed E-state index contributed by atoms with van der Waals surface area (Å²) in [7, 11) is 0. The smallest absolute Gasteiger partial charge is 0.235 e. The van der Waals surface area contributed by atoms with E-state index in [1.807, 2.05) is 30.3 Å². The SMILES string of the molecule is NC(=O)C(Sc1n[nH]c(C2CC2)n1)c1ccccc1. The highest BCUT2D eigenvalue weighted by Crippen LogP contribution is 2.39. The van der Waals surface area contributed by atoms with Crippen LogP contribution >= 0.6 is 11.8 Å². The van der Waals surface area contributed by atoms with E-state index in [2.05, 4.69) is 15.2 Å². The van der Waals surface area contributed by atoms with E-state index in [0.29, 0.717) is 11.1 Å². The molecular weight excluding hydrogens is 260 g/mol.